The van der Waals surface area contributed by atoms with Gasteiger partial charge in [0.25, 0.3) is 0 Å². The second-order valence-electron chi connectivity index (χ2n) is 5.08. The first-order chi connectivity index (χ1) is 8.43. The monoisotopic (exact) mass is 289 g/mol. The van der Waals surface area contributed by atoms with Crippen molar-refractivity contribution >= 4 is 32.2 Å². The van der Waals surface area contributed by atoms with Crippen molar-refractivity contribution in [2.24, 2.45) is 5.92 Å². The van der Waals surface area contributed by atoms with Crippen LogP contribution in [-0.4, -0.2) is 24.6 Å². The Balaban J connectivity index is 2.17. The van der Waals surface area contributed by atoms with E-state index in [0.717, 1.165) is 37.3 Å². The van der Waals surface area contributed by atoms with Gasteiger partial charge in [-0.3, -0.25) is 0 Å². The Hall–Kier alpha value is -0.820. The molecule has 2 rings (SSSR count). The minimum absolute atomic E-state index is 0.138. The van der Waals surface area contributed by atoms with Crippen LogP contribution in [0.5, 0.6) is 0 Å². The summed E-state index contributed by atoms with van der Waals surface area (Å²) in [7, 11) is -3.27. The van der Waals surface area contributed by atoms with E-state index in [-0.39, 0.29) is 16.0 Å². The minimum atomic E-state index is -3.27. The van der Waals surface area contributed by atoms with Gasteiger partial charge in [-0.1, -0.05) is 13.8 Å². The number of hydrogen-bond donors (Lipinski definition) is 2. The molecule has 1 fully saturated rings. The van der Waals surface area contributed by atoms with Crippen molar-refractivity contribution in [1.29, 1.82) is 0 Å². The Labute approximate surface area is 112 Å². The van der Waals surface area contributed by atoms with Crippen LogP contribution >= 0.6 is 11.5 Å². The van der Waals surface area contributed by atoms with Crippen LogP contribution < -0.4 is 11.1 Å². The summed E-state index contributed by atoms with van der Waals surface area (Å²) in [6.45, 7) is 5.00. The third kappa shape index (κ3) is 2.77. The fourth-order valence-corrected chi connectivity index (χ4v) is 4.61. The van der Waals surface area contributed by atoms with E-state index in [1.807, 2.05) is 0 Å². The number of nitrogens with zero attached hydrogens (tertiary/aromatic N) is 1. The normalized spacial score (nSPS) is 16.2. The Morgan fingerprint density at radius 2 is 2.17 bits per heavy atom. The van der Waals surface area contributed by atoms with Crippen LogP contribution in [0.2, 0.25) is 0 Å². The smallest absolute Gasteiger partial charge is 0.187 e. The predicted molar refractivity (Wildman–Crippen MR) is 74.7 cm³/mol. The third-order valence-electron chi connectivity index (χ3n) is 2.93. The summed E-state index contributed by atoms with van der Waals surface area (Å²) in [6.07, 6.45) is 2.47. The summed E-state index contributed by atoms with van der Waals surface area (Å²) in [6, 6.07) is 0. The van der Waals surface area contributed by atoms with E-state index >= 15 is 0 Å². The molecular weight excluding hydrogens is 270 g/mol. The highest BCUT2D eigenvalue weighted by Gasteiger charge is 2.40. The summed E-state index contributed by atoms with van der Waals surface area (Å²) in [5.41, 5.74) is 5.70. The van der Waals surface area contributed by atoms with Crippen molar-refractivity contribution in [2.45, 2.75) is 43.3 Å². The van der Waals surface area contributed by atoms with Crippen LogP contribution in [-0.2, 0) is 9.84 Å². The van der Waals surface area contributed by atoms with Crippen LogP contribution in [0.15, 0.2) is 4.90 Å². The first-order valence-corrected chi connectivity index (χ1v) is 8.47. The fraction of sp³-hybridized carbons (Fsp3) is 0.727. The lowest BCUT2D eigenvalue weighted by molar-refractivity contribution is 0.595. The number of hydrogen-bond acceptors (Lipinski definition) is 6. The van der Waals surface area contributed by atoms with E-state index in [2.05, 4.69) is 23.5 Å². The van der Waals surface area contributed by atoms with Gasteiger partial charge in [-0.05, 0) is 36.7 Å². The Morgan fingerprint density at radius 1 is 1.50 bits per heavy atom. The zero-order valence-corrected chi connectivity index (χ0v) is 12.3. The lowest BCUT2D eigenvalue weighted by Crippen LogP contribution is -2.12. The SMILES string of the molecule is CC(C)CCNc1snc(N)c1S(=O)(=O)C1CC1. The van der Waals surface area contributed by atoms with Crippen molar-refractivity contribution < 1.29 is 8.42 Å². The highest BCUT2D eigenvalue weighted by Crippen LogP contribution is 2.40. The molecule has 0 bridgehead atoms. The van der Waals surface area contributed by atoms with E-state index < -0.39 is 9.84 Å². The first-order valence-electron chi connectivity index (χ1n) is 6.16. The number of anilines is 2. The molecule has 7 heteroatoms. The fourth-order valence-electron chi connectivity index (χ4n) is 1.70. The second kappa shape index (κ2) is 5.05. The Bertz CT molecular complexity index is 518. The minimum Gasteiger partial charge on any atom is -0.382 e. The molecule has 5 nitrogen and oxygen atoms in total. The van der Waals surface area contributed by atoms with Gasteiger partial charge in [-0.15, -0.1) is 0 Å². The molecule has 0 saturated heterocycles. The summed E-state index contributed by atoms with van der Waals surface area (Å²) < 4.78 is 28.5. The molecule has 1 aromatic rings. The number of sulfone groups is 1. The van der Waals surface area contributed by atoms with Gasteiger partial charge in [0.15, 0.2) is 15.7 Å². The second-order valence-corrected chi connectivity index (χ2v) is 8.02. The van der Waals surface area contributed by atoms with Crippen LogP contribution in [0.25, 0.3) is 0 Å². The maximum absolute atomic E-state index is 12.2. The zero-order chi connectivity index (χ0) is 13.3. The number of nitrogen functional groups attached to an aromatic ring is 1. The summed E-state index contributed by atoms with van der Waals surface area (Å²) in [5, 5.41) is 3.50. The van der Waals surface area contributed by atoms with E-state index in [1.54, 1.807) is 0 Å². The van der Waals surface area contributed by atoms with Gasteiger partial charge < -0.3 is 11.1 Å². The van der Waals surface area contributed by atoms with E-state index in [4.69, 9.17) is 5.73 Å². The quantitative estimate of drug-likeness (QED) is 0.838. The zero-order valence-electron chi connectivity index (χ0n) is 10.6. The summed E-state index contributed by atoms with van der Waals surface area (Å²) >= 11 is 1.13. The molecule has 1 heterocycles. The standard InChI is InChI=1S/C11H19N3O2S2/c1-7(2)5-6-13-11-9(10(12)14-17-11)18(15,16)8-3-4-8/h7-8,13H,3-6H2,1-2H3,(H2,12,14). The highest BCUT2D eigenvalue weighted by molar-refractivity contribution is 7.92. The largest absolute Gasteiger partial charge is 0.382 e. The van der Waals surface area contributed by atoms with E-state index in [9.17, 15) is 8.42 Å². The molecule has 1 aliphatic carbocycles. The van der Waals surface area contributed by atoms with Crippen molar-refractivity contribution in [1.82, 2.24) is 4.37 Å². The lowest BCUT2D eigenvalue weighted by Gasteiger charge is -2.08. The lowest BCUT2D eigenvalue weighted by atomic mass is 10.1. The van der Waals surface area contributed by atoms with E-state index in [0.29, 0.717) is 10.9 Å². The number of aromatic nitrogens is 1. The van der Waals surface area contributed by atoms with Crippen molar-refractivity contribution in [2.75, 3.05) is 17.6 Å². The number of nitrogens with two attached hydrogens (primary N) is 1. The molecule has 1 aromatic heterocycles. The molecule has 0 aliphatic heterocycles. The maximum atomic E-state index is 12.2. The molecule has 0 radical (unpaired) electrons. The Kier molecular flexibility index (Phi) is 3.82. The van der Waals surface area contributed by atoms with Crippen molar-refractivity contribution in [3.63, 3.8) is 0 Å². The molecule has 0 aromatic carbocycles. The van der Waals surface area contributed by atoms with Crippen LogP contribution in [0, 0.1) is 5.92 Å². The van der Waals surface area contributed by atoms with Crippen LogP contribution in [0.4, 0.5) is 10.8 Å². The maximum Gasteiger partial charge on any atom is 0.187 e. The molecule has 3 N–H and O–H groups in total. The van der Waals surface area contributed by atoms with Crippen LogP contribution in [0.3, 0.4) is 0 Å². The first kappa shape index (κ1) is 13.6. The highest BCUT2D eigenvalue weighted by atomic mass is 32.2. The number of rotatable bonds is 6. The van der Waals surface area contributed by atoms with Gasteiger partial charge in [0.05, 0.1) is 5.25 Å². The number of nitrogens with one attached hydrogen (secondary N) is 1. The average Bonchev–Trinajstić information content (AvgIpc) is 3.04. The van der Waals surface area contributed by atoms with E-state index in [1.165, 1.54) is 0 Å². The van der Waals surface area contributed by atoms with Gasteiger partial charge in [0.2, 0.25) is 0 Å². The molecule has 0 unspecified atom stereocenters. The van der Waals surface area contributed by atoms with Gasteiger partial charge >= 0.3 is 0 Å². The Morgan fingerprint density at radius 3 is 2.72 bits per heavy atom. The van der Waals surface area contributed by atoms with Crippen molar-refractivity contribution in [3.05, 3.63) is 0 Å². The molecule has 0 atom stereocenters. The molecule has 0 amide bonds. The topological polar surface area (TPSA) is 85.1 Å². The van der Waals surface area contributed by atoms with Crippen molar-refractivity contribution in [3.8, 4) is 0 Å². The van der Waals surface area contributed by atoms with Gasteiger partial charge in [-0.2, -0.15) is 4.37 Å². The van der Waals surface area contributed by atoms with Gasteiger partial charge in [0, 0.05) is 6.54 Å². The van der Waals surface area contributed by atoms with Gasteiger partial charge in [0.1, 0.15) is 9.90 Å². The molecule has 102 valence electrons. The summed E-state index contributed by atoms with van der Waals surface area (Å²) in [4.78, 5) is 0.221. The molecule has 0 spiro atoms. The average molecular weight is 289 g/mol. The van der Waals surface area contributed by atoms with Gasteiger partial charge in [-0.25, -0.2) is 8.42 Å². The van der Waals surface area contributed by atoms with Crippen LogP contribution in [0.1, 0.15) is 33.1 Å². The molecular formula is C11H19N3O2S2. The summed E-state index contributed by atoms with van der Waals surface area (Å²) in [5.74, 6) is 0.713. The molecule has 18 heavy (non-hydrogen) atoms. The molecule has 1 aliphatic rings. The third-order valence-corrected chi connectivity index (χ3v) is 6.21. The molecule has 1 saturated carbocycles. The predicted octanol–water partition coefficient (Wildman–Crippen LogP) is 2.12.